The number of rotatable bonds is 5. The van der Waals surface area contributed by atoms with E-state index in [1.165, 1.54) is 29.8 Å². The molecule has 4 bridgehead atoms. The van der Waals surface area contributed by atoms with Crippen molar-refractivity contribution in [2.45, 2.75) is 37.3 Å². The first kappa shape index (κ1) is 27.4. The van der Waals surface area contributed by atoms with Crippen LogP contribution in [0.3, 0.4) is 0 Å². The third-order valence-electron chi connectivity index (χ3n) is 7.76. The SMILES string of the molecule is Fc1ccc(CN2C3CNCC2COC3)cc1.O=C(CCl)N1CC2COCC(C1)N2Cc1ccc(F)cc1. The van der Waals surface area contributed by atoms with E-state index in [1.807, 2.05) is 29.2 Å². The van der Waals surface area contributed by atoms with Crippen LogP contribution in [0.2, 0.25) is 0 Å². The van der Waals surface area contributed by atoms with E-state index in [-0.39, 0.29) is 35.5 Å². The Kier molecular flexibility index (Phi) is 9.24. The standard InChI is InChI=1S/C15H18ClFN2O2.C13H17FN2O/c16-5-15(20)18-7-13-9-21-10-14(8-18)19(13)6-11-1-3-12(17)4-2-11;14-11-3-1-10(2-4-11)7-16-12-5-15-6-13(16)9-17-8-12/h1-4,13-14H,5-10H2;1-4,12-13,15H,5-9H2. The van der Waals surface area contributed by atoms with Crippen molar-refractivity contribution in [2.75, 3.05) is 58.5 Å². The van der Waals surface area contributed by atoms with E-state index >= 15 is 0 Å². The van der Waals surface area contributed by atoms with Crippen LogP contribution in [0.1, 0.15) is 11.1 Å². The number of amides is 1. The van der Waals surface area contributed by atoms with Gasteiger partial charge in [-0.05, 0) is 35.4 Å². The maximum Gasteiger partial charge on any atom is 0.237 e. The van der Waals surface area contributed by atoms with Crippen LogP contribution in [0.5, 0.6) is 0 Å². The Morgan fingerprint density at radius 2 is 1.18 bits per heavy atom. The van der Waals surface area contributed by atoms with Crippen LogP contribution in [-0.2, 0) is 27.4 Å². The number of ether oxygens (including phenoxy) is 2. The van der Waals surface area contributed by atoms with Crippen LogP contribution < -0.4 is 5.32 Å². The lowest BCUT2D eigenvalue weighted by atomic mass is 10.0. The Labute approximate surface area is 227 Å². The van der Waals surface area contributed by atoms with Gasteiger partial charge in [-0.15, -0.1) is 11.6 Å². The first-order valence-electron chi connectivity index (χ1n) is 13.2. The van der Waals surface area contributed by atoms with Crippen LogP contribution >= 0.6 is 11.6 Å². The van der Waals surface area contributed by atoms with Crippen molar-refractivity contribution in [3.63, 3.8) is 0 Å². The summed E-state index contributed by atoms with van der Waals surface area (Å²) in [4.78, 5) is 18.5. The molecule has 206 valence electrons. The first-order valence-corrected chi connectivity index (χ1v) is 13.7. The fourth-order valence-corrected chi connectivity index (χ4v) is 5.90. The number of carbonyl (C=O) groups is 1. The molecular formula is C28H35ClF2N4O3. The molecule has 2 aromatic rings. The monoisotopic (exact) mass is 548 g/mol. The van der Waals surface area contributed by atoms with Gasteiger partial charge in [-0.25, -0.2) is 8.78 Å². The van der Waals surface area contributed by atoms with Crippen LogP contribution in [-0.4, -0.2) is 103 Å². The van der Waals surface area contributed by atoms with E-state index in [2.05, 4.69) is 15.1 Å². The van der Waals surface area contributed by atoms with Crippen molar-refractivity contribution >= 4 is 17.5 Å². The Balaban J connectivity index is 0.000000158. The first-order chi connectivity index (χ1) is 18.5. The summed E-state index contributed by atoms with van der Waals surface area (Å²) in [7, 11) is 0. The number of morpholine rings is 2. The molecule has 0 spiro atoms. The highest BCUT2D eigenvalue weighted by Crippen LogP contribution is 2.24. The average Bonchev–Trinajstić information content (AvgIpc) is 2.91. The van der Waals surface area contributed by atoms with Gasteiger partial charge >= 0.3 is 0 Å². The molecule has 4 atom stereocenters. The van der Waals surface area contributed by atoms with Crippen molar-refractivity contribution in [1.82, 2.24) is 20.0 Å². The summed E-state index contributed by atoms with van der Waals surface area (Å²) in [5.41, 5.74) is 2.25. The molecule has 0 radical (unpaired) electrons. The summed E-state index contributed by atoms with van der Waals surface area (Å²) in [5.74, 6) is -0.384. The van der Waals surface area contributed by atoms with Crippen LogP contribution in [0, 0.1) is 11.6 Å². The molecule has 7 nitrogen and oxygen atoms in total. The molecule has 10 heteroatoms. The summed E-state index contributed by atoms with van der Waals surface area (Å²) >= 11 is 5.65. The predicted octanol–water partition coefficient (Wildman–Crippen LogP) is 2.47. The Bertz CT molecular complexity index is 1030. The van der Waals surface area contributed by atoms with Crippen LogP contribution in [0.25, 0.3) is 0 Å². The zero-order chi connectivity index (χ0) is 26.5. The minimum atomic E-state index is -0.222. The molecule has 1 amide bonds. The van der Waals surface area contributed by atoms with Crippen LogP contribution in [0.4, 0.5) is 8.78 Å². The second-order valence-corrected chi connectivity index (χ2v) is 10.6. The molecule has 4 aliphatic heterocycles. The van der Waals surface area contributed by atoms with Crippen molar-refractivity contribution in [3.05, 3.63) is 71.3 Å². The zero-order valence-corrected chi connectivity index (χ0v) is 22.2. The van der Waals surface area contributed by atoms with Crippen LogP contribution in [0.15, 0.2) is 48.5 Å². The predicted molar refractivity (Wildman–Crippen MR) is 141 cm³/mol. The van der Waals surface area contributed by atoms with E-state index in [1.54, 1.807) is 0 Å². The lowest BCUT2D eigenvalue weighted by Crippen LogP contribution is -2.65. The number of hydrogen-bond acceptors (Lipinski definition) is 6. The second-order valence-electron chi connectivity index (χ2n) is 10.4. The number of benzene rings is 2. The molecule has 1 N–H and O–H groups in total. The average molecular weight is 549 g/mol. The van der Waals surface area contributed by atoms with Gasteiger partial charge in [0.1, 0.15) is 17.5 Å². The molecule has 4 saturated heterocycles. The largest absolute Gasteiger partial charge is 0.378 e. The molecular weight excluding hydrogens is 514 g/mol. The Morgan fingerprint density at radius 3 is 1.63 bits per heavy atom. The Hall–Kier alpha value is -2.14. The molecule has 0 saturated carbocycles. The van der Waals surface area contributed by atoms with Crippen molar-refractivity contribution in [2.24, 2.45) is 0 Å². The highest BCUT2D eigenvalue weighted by Gasteiger charge is 2.39. The summed E-state index contributed by atoms with van der Waals surface area (Å²) in [6.45, 7) is 7.72. The summed E-state index contributed by atoms with van der Waals surface area (Å²) in [5, 5.41) is 3.43. The molecule has 4 fully saturated rings. The maximum atomic E-state index is 13.0. The number of hydrogen-bond donors (Lipinski definition) is 1. The molecule has 2 aromatic carbocycles. The summed E-state index contributed by atoms with van der Waals surface area (Å²) in [6.07, 6.45) is 0. The minimum absolute atomic E-state index is 0.0185. The molecule has 0 aromatic heterocycles. The topological polar surface area (TPSA) is 57.3 Å². The van der Waals surface area contributed by atoms with Gasteiger partial charge in [0.05, 0.1) is 38.5 Å². The van der Waals surface area contributed by atoms with Gasteiger partial charge < -0.3 is 19.7 Å². The fraction of sp³-hybridized carbons (Fsp3) is 0.536. The highest BCUT2D eigenvalue weighted by molar-refractivity contribution is 6.27. The van der Waals surface area contributed by atoms with E-state index in [9.17, 15) is 13.6 Å². The molecule has 38 heavy (non-hydrogen) atoms. The summed E-state index contributed by atoms with van der Waals surface area (Å²) in [6, 6.07) is 14.6. The van der Waals surface area contributed by atoms with Gasteiger partial charge in [0, 0.05) is 51.4 Å². The Morgan fingerprint density at radius 1 is 0.763 bits per heavy atom. The third kappa shape index (κ3) is 6.70. The quantitative estimate of drug-likeness (QED) is 0.580. The number of nitrogens with zero attached hydrogens (tertiary/aromatic N) is 3. The summed E-state index contributed by atoms with van der Waals surface area (Å²) < 4.78 is 37.0. The molecule has 0 aliphatic carbocycles. The third-order valence-corrected chi connectivity index (χ3v) is 7.99. The van der Waals surface area contributed by atoms with Gasteiger partial charge in [-0.2, -0.15) is 0 Å². The molecule has 4 aliphatic rings. The van der Waals surface area contributed by atoms with Crippen molar-refractivity contribution in [1.29, 1.82) is 0 Å². The second kappa shape index (κ2) is 12.8. The lowest BCUT2D eigenvalue weighted by molar-refractivity contribution is -0.143. The lowest BCUT2D eigenvalue weighted by Gasteiger charge is -2.49. The van der Waals surface area contributed by atoms with Gasteiger partial charge in [0.15, 0.2) is 0 Å². The van der Waals surface area contributed by atoms with Crippen molar-refractivity contribution in [3.8, 4) is 0 Å². The number of alkyl halides is 1. The van der Waals surface area contributed by atoms with Gasteiger partial charge in [-0.3, -0.25) is 14.6 Å². The van der Waals surface area contributed by atoms with E-state index in [0.29, 0.717) is 38.4 Å². The number of nitrogens with one attached hydrogen (secondary N) is 1. The molecule has 4 heterocycles. The van der Waals surface area contributed by atoms with Crippen molar-refractivity contribution < 1.29 is 23.0 Å². The van der Waals surface area contributed by atoms with E-state index in [4.69, 9.17) is 21.1 Å². The van der Waals surface area contributed by atoms with E-state index in [0.717, 1.165) is 45.0 Å². The number of carbonyl (C=O) groups excluding carboxylic acids is 1. The van der Waals surface area contributed by atoms with Gasteiger partial charge in [0.25, 0.3) is 0 Å². The number of halogens is 3. The minimum Gasteiger partial charge on any atom is -0.378 e. The highest BCUT2D eigenvalue weighted by atomic mass is 35.5. The van der Waals surface area contributed by atoms with Gasteiger partial charge in [-0.1, -0.05) is 24.3 Å². The normalized spacial score (nSPS) is 27.4. The maximum absolute atomic E-state index is 13.0. The van der Waals surface area contributed by atoms with E-state index < -0.39 is 0 Å². The van der Waals surface area contributed by atoms with Gasteiger partial charge in [0.2, 0.25) is 5.91 Å². The smallest absolute Gasteiger partial charge is 0.237 e. The number of fused-ring (bicyclic) bond motifs is 4. The fourth-order valence-electron chi connectivity index (χ4n) is 5.73. The zero-order valence-electron chi connectivity index (χ0n) is 21.4. The number of piperazine rings is 2. The molecule has 6 rings (SSSR count). The molecule has 4 unspecified atom stereocenters.